The van der Waals surface area contributed by atoms with E-state index in [0.29, 0.717) is 18.5 Å². The van der Waals surface area contributed by atoms with Crippen molar-refractivity contribution < 1.29 is 9.59 Å². The summed E-state index contributed by atoms with van der Waals surface area (Å²) < 4.78 is 0. The van der Waals surface area contributed by atoms with Crippen LogP contribution < -0.4 is 16.0 Å². The van der Waals surface area contributed by atoms with Crippen molar-refractivity contribution in [3.05, 3.63) is 0 Å². The van der Waals surface area contributed by atoms with Crippen LogP contribution in [-0.2, 0) is 9.59 Å². The van der Waals surface area contributed by atoms with Gasteiger partial charge in [0.15, 0.2) is 0 Å². The van der Waals surface area contributed by atoms with Crippen LogP contribution >= 0.6 is 0 Å². The van der Waals surface area contributed by atoms with Gasteiger partial charge >= 0.3 is 0 Å². The summed E-state index contributed by atoms with van der Waals surface area (Å²) in [6, 6.07) is 0. The Kier molecular flexibility index (Phi) is 4.97. The Morgan fingerprint density at radius 1 is 0.588 bits per heavy atom. The van der Waals surface area contributed by atoms with Crippen LogP contribution in [0.3, 0.4) is 0 Å². The average Bonchev–Trinajstić information content (AvgIpc) is 2.80. The van der Waals surface area contributed by atoms with E-state index in [0.717, 1.165) is 74.0 Å². The minimum absolute atomic E-state index is 0.145. The van der Waals surface area contributed by atoms with E-state index in [4.69, 9.17) is 0 Å². The van der Waals surface area contributed by atoms with Crippen molar-refractivity contribution in [3.8, 4) is 0 Å². The Morgan fingerprint density at radius 3 is 1.18 bits per heavy atom. The summed E-state index contributed by atoms with van der Waals surface area (Å²) in [6.07, 6.45) is 14.1. The van der Waals surface area contributed by atoms with Gasteiger partial charge < -0.3 is 9.80 Å². The SMILES string of the molecule is CN(C(=O)C12CC3CC(CC(C3)C1)C2)C1NCNC(N(C)C(=O)C23CC4CC(CC(C4)C2)C3)N1. The Balaban J connectivity index is 1.04. The van der Waals surface area contributed by atoms with Crippen LogP contribution in [0.5, 0.6) is 0 Å². The average molecular weight is 470 g/mol. The Labute approximate surface area is 204 Å². The van der Waals surface area contributed by atoms with Gasteiger partial charge in [-0.15, -0.1) is 0 Å². The van der Waals surface area contributed by atoms with E-state index < -0.39 is 0 Å². The first-order valence-corrected chi connectivity index (χ1v) is 14.1. The molecule has 9 rings (SSSR count). The number of amides is 2. The summed E-state index contributed by atoms with van der Waals surface area (Å²) in [6.45, 7) is 0.583. The first kappa shape index (κ1) is 22.1. The lowest BCUT2D eigenvalue weighted by Crippen LogP contribution is -2.73. The number of hydrogen-bond acceptors (Lipinski definition) is 5. The van der Waals surface area contributed by atoms with Crippen LogP contribution in [0.15, 0.2) is 0 Å². The highest BCUT2D eigenvalue weighted by Gasteiger charge is 2.57. The quantitative estimate of drug-likeness (QED) is 0.590. The first-order chi connectivity index (χ1) is 16.3. The molecule has 188 valence electrons. The third-order valence-corrected chi connectivity index (χ3v) is 11.3. The third kappa shape index (κ3) is 3.32. The summed E-state index contributed by atoms with van der Waals surface area (Å²) in [5.74, 6) is 5.18. The van der Waals surface area contributed by atoms with Crippen molar-refractivity contribution in [3.63, 3.8) is 0 Å². The van der Waals surface area contributed by atoms with Gasteiger partial charge in [-0.25, -0.2) is 0 Å². The van der Waals surface area contributed by atoms with Crippen molar-refractivity contribution in [2.45, 2.75) is 89.6 Å². The second-order valence-corrected chi connectivity index (χ2v) is 13.8. The van der Waals surface area contributed by atoms with E-state index in [1.165, 1.54) is 38.5 Å². The van der Waals surface area contributed by atoms with Crippen LogP contribution in [0.4, 0.5) is 0 Å². The van der Waals surface area contributed by atoms with Crippen molar-refractivity contribution in [2.75, 3.05) is 20.8 Å². The maximum absolute atomic E-state index is 13.9. The largest absolute Gasteiger partial charge is 0.317 e. The number of nitrogens with zero attached hydrogens (tertiary/aromatic N) is 2. The molecule has 7 nitrogen and oxygen atoms in total. The zero-order valence-electron chi connectivity index (χ0n) is 21.0. The molecule has 2 atom stereocenters. The van der Waals surface area contributed by atoms with Gasteiger partial charge in [-0.05, 0) is 113 Å². The zero-order valence-corrected chi connectivity index (χ0v) is 21.0. The van der Waals surface area contributed by atoms with Gasteiger partial charge in [0.05, 0.1) is 17.5 Å². The molecule has 1 aliphatic heterocycles. The molecule has 0 aromatic carbocycles. The predicted molar refractivity (Wildman–Crippen MR) is 129 cm³/mol. The van der Waals surface area contributed by atoms with Gasteiger partial charge in [0.25, 0.3) is 0 Å². The summed E-state index contributed by atoms with van der Waals surface area (Å²) in [5.41, 5.74) is -0.289. The standard InChI is InChI=1S/C27H43N5O2/c1-31(22(33)26-9-16-3-17(10-26)5-18(4-16)11-26)24-28-15-29-25(30-24)32(2)23(34)27-12-19-6-20(13-27)8-21(7-19)14-27/h16-21,24-25,28-30H,3-15H2,1-2H3. The maximum Gasteiger partial charge on any atom is 0.230 e. The van der Waals surface area contributed by atoms with E-state index in [1.54, 1.807) is 0 Å². The molecule has 8 bridgehead atoms. The summed E-state index contributed by atoms with van der Waals surface area (Å²) in [5, 5.41) is 10.4. The normalized spacial score (nSPS) is 50.4. The van der Waals surface area contributed by atoms with Gasteiger partial charge in [-0.2, -0.15) is 0 Å². The van der Waals surface area contributed by atoms with Crippen molar-refractivity contribution >= 4 is 11.8 Å². The van der Waals surface area contributed by atoms with Gasteiger partial charge in [0.1, 0.15) is 12.6 Å². The molecule has 8 saturated carbocycles. The number of carbonyl (C=O) groups excluding carboxylic acids is 2. The van der Waals surface area contributed by atoms with E-state index in [1.807, 2.05) is 23.9 Å². The van der Waals surface area contributed by atoms with Crippen LogP contribution in [0, 0.1) is 46.3 Å². The fraction of sp³-hybridized carbons (Fsp3) is 0.926. The number of nitrogens with one attached hydrogen (secondary N) is 3. The lowest BCUT2D eigenvalue weighted by Gasteiger charge is -2.57. The molecule has 9 aliphatic rings. The lowest BCUT2D eigenvalue weighted by molar-refractivity contribution is -0.165. The fourth-order valence-electron chi connectivity index (χ4n) is 10.7. The molecule has 34 heavy (non-hydrogen) atoms. The monoisotopic (exact) mass is 469 g/mol. The van der Waals surface area contributed by atoms with E-state index in [9.17, 15) is 9.59 Å². The number of carbonyl (C=O) groups is 2. The molecule has 2 amide bonds. The Morgan fingerprint density at radius 2 is 0.882 bits per heavy atom. The molecule has 3 N–H and O–H groups in total. The lowest BCUT2D eigenvalue weighted by atomic mass is 9.49. The molecular formula is C27H43N5O2. The summed E-state index contributed by atoms with van der Waals surface area (Å²) >= 11 is 0. The molecule has 7 heteroatoms. The molecule has 8 aliphatic carbocycles. The molecule has 2 unspecified atom stereocenters. The fourth-order valence-corrected chi connectivity index (χ4v) is 10.7. The highest BCUT2D eigenvalue weighted by molar-refractivity contribution is 5.84. The summed E-state index contributed by atoms with van der Waals surface area (Å²) in [4.78, 5) is 31.6. The minimum Gasteiger partial charge on any atom is -0.317 e. The highest BCUT2D eigenvalue weighted by Crippen LogP contribution is 2.61. The molecule has 9 fully saturated rings. The third-order valence-electron chi connectivity index (χ3n) is 11.3. The van der Waals surface area contributed by atoms with Gasteiger partial charge in [0, 0.05) is 14.1 Å². The van der Waals surface area contributed by atoms with Crippen LogP contribution in [-0.4, -0.2) is 55.0 Å². The Bertz CT molecular complexity index is 735. The molecular weight excluding hydrogens is 426 g/mol. The molecule has 0 aromatic rings. The van der Waals surface area contributed by atoms with E-state index in [2.05, 4.69) is 16.0 Å². The van der Waals surface area contributed by atoms with Crippen molar-refractivity contribution in [1.82, 2.24) is 25.8 Å². The number of hydrogen-bond donors (Lipinski definition) is 3. The topological polar surface area (TPSA) is 76.7 Å². The second kappa shape index (κ2) is 7.66. The van der Waals surface area contributed by atoms with Gasteiger partial charge in [0.2, 0.25) is 11.8 Å². The summed E-state index contributed by atoms with van der Waals surface area (Å²) in [7, 11) is 3.91. The van der Waals surface area contributed by atoms with E-state index in [-0.39, 0.29) is 23.4 Å². The molecule has 1 saturated heterocycles. The van der Waals surface area contributed by atoms with Crippen LogP contribution in [0.2, 0.25) is 0 Å². The van der Waals surface area contributed by atoms with E-state index >= 15 is 0 Å². The molecule has 1 heterocycles. The first-order valence-electron chi connectivity index (χ1n) is 14.1. The molecule has 0 spiro atoms. The minimum atomic E-state index is -0.252. The Hall–Kier alpha value is -1.18. The van der Waals surface area contributed by atoms with Crippen molar-refractivity contribution in [2.24, 2.45) is 46.3 Å². The molecule has 0 radical (unpaired) electrons. The highest BCUT2D eigenvalue weighted by atomic mass is 16.2. The van der Waals surface area contributed by atoms with Crippen molar-refractivity contribution in [1.29, 1.82) is 0 Å². The second-order valence-electron chi connectivity index (χ2n) is 13.8. The molecule has 0 aromatic heterocycles. The zero-order chi connectivity index (χ0) is 23.2. The van der Waals surface area contributed by atoms with Crippen LogP contribution in [0.1, 0.15) is 77.0 Å². The maximum atomic E-state index is 13.9. The van der Waals surface area contributed by atoms with Gasteiger partial charge in [-0.3, -0.25) is 25.5 Å². The smallest absolute Gasteiger partial charge is 0.230 e. The van der Waals surface area contributed by atoms with Gasteiger partial charge in [-0.1, -0.05) is 0 Å². The van der Waals surface area contributed by atoms with Crippen LogP contribution in [0.25, 0.3) is 0 Å². The number of rotatable bonds is 4. The predicted octanol–water partition coefficient (Wildman–Crippen LogP) is 2.64.